The molecule has 1 aromatic heterocycles. The summed E-state index contributed by atoms with van der Waals surface area (Å²) in [7, 11) is 1.56. The molecule has 8 heteroatoms. The fraction of sp³-hybridized carbons (Fsp3) is 0.577. The van der Waals surface area contributed by atoms with E-state index in [4.69, 9.17) is 14.0 Å². The van der Waals surface area contributed by atoms with E-state index in [0.717, 1.165) is 42.9 Å². The zero-order valence-electron chi connectivity index (χ0n) is 20.6. The second kappa shape index (κ2) is 10.5. The lowest BCUT2D eigenvalue weighted by atomic mass is 9.92. The van der Waals surface area contributed by atoms with Crippen molar-refractivity contribution in [1.82, 2.24) is 15.0 Å². The summed E-state index contributed by atoms with van der Waals surface area (Å²) in [6.45, 7) is 9.19. The number of aryl methyl sites for hydroxylation is 2. The summed E-state index contributed by atoms with van der Waals surface area (Å²) < 4.78 is 16.6. The van der Waals surface area contributed by atoms with Gasteiger partial charge in [-0.2, -0.15) is 0 Å². The number of rotatable bonds is 6. The smallest absolute Gasteiger partial charge is 0.253 e. The van der Waals surface area contributed by atoms with Crippen molar-refractivity contribution in [1.29, 1.82) is 0 Å². The van der Waals surface area contributed by atoms with E-state index < -0.39 is 0 Å². The molecule has 2 fully saturated rings. The van der Waals surface area contributed by atoms with Gasteiger partial charge in [-0.25, -0.2) is 0 Å². The van der Waals surface area contributed by atoms with Crippen LogP contribution in [0.15, 0.2) is 22.7 Å². The van der Waals surface area contributed by atoms with Crippen LogP contribution in [0.4, 0.5) is 0 Å². The number of benzene rings is 1. The lowest BCUT2D eigenvalue weighted by Gasteiger charge is -2.36. The highest BCUT2D eigenvalue weighted by molar-refractivity contribution is 5.95. The number of likely N-dealkylation sites (tertiary alicyclic amines) is 2. The molecule has 2 aliphatic heterocycles. The van der Waals surface area contributed by atoms with Gasteiger partial charge in [0.2, 0.25) is 5.91 Å². The molecule has 34 heavy (non-hydrogen) atoms. The molecule has 0 unspecified atom stereocenters. The Labute approximate surface area is 201 Å². The van der Waals surface area contributed by atoms with E-state index in [9.17, 15) is 9.59 Å². The van der Waals surface area contributed by atoms with E-state index in [1.54, 1.807) is 25.3 Å². The maximum absolute atomic E-state index is 13.1. The zero-order valence-corrected chi connectivity index (χ0v) is 20.6. The van der Waals surface area contributed by atoms with Crippen molar-refractivity contribution in [3.8, 4) is 11.5 Å². The molecule has 0 radical (unpaired) electrons. The van der Waals surface area contributed by atoms with Crippen LogP contribution < -0.4 is 9.47 Å². The van der Waals surface area contributed by atoms with Gasteiger partial charge in [0.15, 0.2) is 11.5 Å². The number of methoxy groups -OCH3 is 1. The Bertz CT molecular complexity index is 998. The van der Waals surface area contributed by atoms with E-state index in [1.807, 2.05) is 23.6 Å². The Kier molecular flexibility index (Phi) is 7.44. The highest BCUT2D eigenvalue weighted by Gasteiger charge is 2.32. The number of ether oxygens (including phenoxy) is 2. The van der Waals surface area contributed by atoms with E-state index in [-0.39, 0.29) is 17.7 Å². The summed E-state index contributed by atoms with van der Waals surface area (Å²) in [5, 5.41) is 3.95. The van der Waals surface area contributed by atoms with Crippen LogP contribution in [0.1, 0.15) is 60.0 Å². The van der Waals surface area contributed by atoms with Crippen molar-refractivity contribution in [2.75, 3.05) is 33.3 Å². The van der Waals surface area contributed by atoms with Crippen LogP contribution in [0.5, 0.6) is 11.5 Å². The average Bonchev–Trinajstić information content (AvgIpc) is 3.19. The molecule has 184 valence electrons. The van der Waals surface area contributed by atoms with Gasteiger partial charge in [0.05, 0.1) is 18.4 Å². The lowest BCUT2D eigenvalue weighted by molar-refractivity contribution is -0.138. The molecular formula is C26H35N3O5. The van der Waals surface area contributed by atoms with Gasteiger partial charge in [0, 0.05) is 37.7 Å². The summed E-state index contributed by atoms with van der Waals surface area (Å²) in [6.07, 6.45) is 3.60. The summed E-state index contributed by atoms with van der Waals surface area (Å²) in [5.41, 5.74) is 2.25. The van der Waals surface area contributed by atoms with Crippen molar-refractivity contribution in [3.05, 3.63) is 40.8 Å². The topological polar surface area (TPSA) is 85.1 Å². The molecule has 0 aliphatic carbocycles. The molecule has 2 amide bonds. The van der Waals surface area contributed by atoms with E-state index in [1.165, 1.54) is 0 Å². The Morgan fingerprint density at radius 2 is 1.71 bits per heavy atom. The minimum Gasteiger partial charge on any atom is -0.493 e. The molecule has 2 aliphatic rings. The average molecular weight is 470 g/mol. The molecule has 2 saturated heterocycles. The Hall–Kier alpha value is -3.03. The van der Waals surface area contributed by atoms with Crippen molar-refractivity contribution in [2.24, 2.45) is 11.8 Å². The fourth-order valence-corrected chi connectivity index (χ4v) is 4.78. The van der Waals surface area contributed by atoms with Crippen LogP contribution in [-0.2, 0) is 11.4 Å². The molecule has 0 bridgehead atoms. The number of amides is 2. The second-order valence-corrected chi connectivity index (χ2v) is 9.53. The van der Waals surface area contributed by atoms with Crippen LogP contribution in [0.3, 0.4) is 0 Å². The monoisotopic (exact) mass is 469 g/mol. The van der Waals surface area contributed by atoms with Gasteiger partial charge in [-0.15, -0.1) is 0 Å². The molecule has 1 aromatic carbocycles. The normalized spacial score (nSPS) is 17.6. The Balaban J connectivity index is 1.34. The third kappa shape index (κ3) is 5.21. The number of carbonyl (C=O) groups is 2. The highest BCUT2D eigenvalue weighted by Crippen LogP contribution is 2.31. The highest BCUT2D eigenvalue weighted by atomic mass is 16.5. The first-order valence-corrected chi connectivity index (χ1v) is 12.2. The van der Waals surface area contributed by atoms with Gasteiger partial charge < -0.3 is 23.8 Å². The minimum atomic E-state index is -0.0479. The van der Waals surface area contributed by atoms with Gasteiger partial charge in [0.25, 0.3) is 5.91 Å². The largest absolute Gasteiger partial charge is 0.493 e. The molecule has 4 rings (SSSR count). The van der Waals surface area contributed by atoms with Gasteiger partial charge in [-0.1, -0.05) is 12.1 Å². The predicted molar refractivity (Wildman–Crippen MR) is 127 cm³/mol. The number of nitrogens with zero attached hydrogens (tertiary/aromatic N) is 3. The first kappa shape index (κ1) is 24.1. The summed E-state index contributed by atoms with van der Waals surface area (Å²) in [6, 6.07) is 5.24. The predicted octanol–water partition coefficient (Wildman–Crippen LogP) is 3.99. The van der Waals surface area contributed by atoms with Crippen LogP contribution in [0, 0.1) is 25.7 Å². The molecule has 0 saturated carbocycles. The zero-order chi connectivity index (χ0) is 24.2. The molecule has 0 spiro atoms. The first-order valence-electron chi connectivity index (χ1n) is 12.2. The minimum absolute atomic E-state index is 0.0205. The van der Waals surface area contributed by atoms with Crippen molar-refractivity contribution >= 4 is 11.8 Å². The van der Waals surface area contributed by atoms with Crippen LogP contribution >= 0.6 is 0 Å². The number of aromatic nitrogens is 1. The third-order valence-electron chi connectivity index (χ3n) is 7.19. The van der Waals surface area contributed by atoms with Crippen LogP contribution in [0.2, 0.25) is 0 Å². The lowest BCUT2D eigenvalue weighted by Crippen LogP contribution is -2.46. The van der Waals surface area contributed by atoms with E-state index in [0.29, 0.717) is 55.5 Å². The van der Waals surface area contributed by atoms with Crippen molar-refractivity contribution in [2.45, 2.75) is 53.1 Å². The van der Waals surface area contributed by atoms with Gasteiger partial charge in [-0.05, 0) is 63.6 Å². The summed E-state index contributed by atoms with van der Waals surface area (Å²) in [4.78, 5) is 29.9. The molecule has 0 N–H and O–H groups in total. The molecule has 3 heterocycles. The van der Waals surface area contributed by atoms with Gasteiger partial charge >= 0.3 is 0 Å². The fourth-order valence-electron chi connectivity index (χ4n) is 4.78. The molecular weight excluding hydrogens is 434 g/mol. The summed E-state index contributed by atoms with van der Waals surface area (Å²) in [5.74, 6) is 2.72. The molecule has 0 atom stereocenters. The van der Waals surface area contributed by atoms with Crippen molar-refractivity contribution in [3.63, 3.8) is 0 Å². The Morgan fingerprint density at radius 1 is 1.03 bits per heavy atom. The Morgan fingerprint density at radius 3 is 2.32 bits per heavy atom. The van der Waals surface area contributed by atoms with Crippen LogP contribution in [-0.4, -0.2) is 60.1 Å². The van der Waals surface area contributed by atoms with E-state index in [2.05, 4.69) is 12.1 Å². The molecule has 8 nitrogen and oxygen atoms in total. The van der Waals surface area contributed by atoms with Gasteiger partial charge in [-0.3, -0.25) is 9.59 Å². The molecule has 2 aromatic rings. The van der Waals surface area contributed by atoms with Gasteiger partial charge in [0.1, 0.15) is 12.4 Å². The number of piperidine rings is 2. The number of hydrogen-bond acceptors (Lipinski definition) is 6. The standard InChI is InChI=1S/C26H35N3O5/c1-17-7-11-28(12-8-17)25(30)20-9-13-29(14-10-20)26(31)21-5-6-23(24(15-21)32-4)33-16-22-18(2)27-34-19(22)3/h5-6,15,17,20H,7-14,16H2,1-4H3. The SMILES string of the molecule is COc1cc(C(=O)N2CCC(C(=O)N3CCC(C)CC3)CC2)ccc1OCc1c(C)noc1C. The second-order valence-electron chi connectivity index (χ2n) is 9.53. The van der Waals surface area contributed by atoms with Crippen molar-refractivity contribution < 1.29 is 23.6 Å². The third-order valence-corrected chi connectivity index (χ3v) is 7.19. The first-order chi connectivity index (χ1) is 16.4. The van der Waals surface area contributed by atoms with E-state index >= 15 is 0 Å². The summed E-state index contributed by atoms with van der Waals surface area (Å²) >= 11 is 0. The number of carbonyl (C=O) groups excluding carboxylic acids is 2. The van der Waals surface area contributed by atoms with Crippen LogP contribution in [0.25, 0.3) is 0 Å². The maximum atomic E-state index is 13.1. The number of hydrogen-bond donors (Lipinski definition) is 0. The quantitative estimate of drug-likeness (QED) is 0.636. The maximum Gasteiger partial charge on any atom is 0.253 e.